The van der Waals surface area contributed by atoms with Crippen molar-refractivity contribution < 1.29 is 8.42 Å². The standard InChI is InChI=1S/C10H10ClN3O2S/c1-6-3-4-8(5-7(6)2)9-12-10(14-13-9)17(11,15)16/h3-5H,1-2H3,(H,12,13,14). The molecule has 0 aliphatic rings. The topological polar surface area (TPSA) is 75.7 Å². The Balaban J connectivity index is 2.47. The fraction of sp³-hybridized carbons (Fsp3) is 0.200. The van der Waals surface area contributed by atoms with Crippen molar-refractivity contribution in [2.75, 3.05) is 0 Å². The quantitative estimate of drug-likeness (QED) is 0.848. The molecule has 0 aliphatic carbocycles. The molecule has 0 saturated heterocycles. The van der Waals surface area contributed by atoms with Gasteiger partial charge in [-0.1, -0.05) is 12.1 Å². The summed E-state index contributed by atoms with van der Waals surface area (Å²) in [6.07, 6.45) is 0. The molecule has 0 atom stereocenters. The summed E-state index contributed by atoms with van der Waals surface area (Å²) < 4.78 is 22.1. The van der Waals surface area contributed by atoms with Gasteiger partial charge in [-0.3, -0.25) is 0 Å². The molecule has 7 heteroatoms. The molecule has 2 rings (SSSR count). The Kier molecular flexibility index (Phi) is 2.92. The minimum absolute atomic E-state index is 0.312. The third-order valence-electron chi connectivity index (χ3n) is 2.46. The maximum Gasteiger partial charge on any atom is 0.296 e. The molecule has 0 aliphatic heterocycles. The summed E-state index contributed by atoms with van der Waals surface area (Å²) in [6, 6.07) is 5.65. The molecule has 0 unspecified atom stereocenters. The molecule has 1 N–H and O–H groups in total. The molecule has 0 spiro atoms. The Labute approximate surface area is 103 Å². The van der Waals surface area contributed by atoms with Crippen LogP contribution >= 0.6 is 10.7 Å². The monoisotopic (exact) mass is 271 g/mol. The van der Waals surface area contributed by atoms with Crippen molar-refractivity contribution in [1.29, 1.82) is 0 Å². The van der Waals surface area contributed by atoms with Crippen LogP contribution in [0, 0.1) is 13.8 Å². The molecule has 0 saturated carbocycles. The van der Waals surface area contributed by atoms with Gasteiger partial charge < -0.3 is 0 Å². The molecular formula is C10H10ClN3O2S. The van der Waals surface area contributed by atoms with Gasteiger partial charge >= 0.3 is 0 Å². The lowest BCUT2D eigenvalue weighted by molar-refractivity contribution is 0.602. The van der Waals surface area contributed by atoms with E-state index in [-0.39, 0.29) is 5.16 Å². The second kappa shape index (κ2) is 4.12. The van der Waals surface area contributed by atoms with E-state index in [0.29, 0.717) is 5.82 Å². The summed E-state index contributed by atoms with van der Waals surface area (Å²) in [6.45, 7) is 3.95. The Morgan fingerprint density at radius 2 is 1.94 bits per heavy atom. The third kappa shape index (κ3) is 2.48. The lowest BCUT2D eigenvalue weighted by atomic mass is 10.1. The lowest BCUT2D eigenvalue weighted by Crippen LogP contribution is -1.92. The fourth-order valence-corrected chi connectivity index (χ4v) is 1.92. The Morgan fingerprint density at radius 1 is 1.24 bits per heavy atom. The van der Waals surface area contributed by atoms with E-state index < -0.39 is 9.05 Å². The van der Waals surface area contributed by atoms with E-state index in [1.165, 1.54) is 0 Å². The molecule has 0 radical (unpaired) electrons. The highest BCUT2D eigenvalue weighted by Crippen LogP contribution is 2.20. The van der Waals surface area contributed by atoms with Crippen LogP contribution in [-0.2, 0) is 9.05 Å². The smallest absolute Gasteiger partial charge is 0.248 e. The molecular weight excluding hydrogens is 262 g/mol. The number of hydrogen-bond donors (Lipinski definition) is 1. The largest absolute Gasteiger partial charge is 0.296 e. The maximum atomic E-state index is 11.0. The van der Waals surface area contributed by atoms with Crippen LogP contribution in [-0.4, -0.2) is 23.6 Å². The molecule has 1 aromatic heterocycles. The molecule has 2 aromatic rings. The van der Waals surface area contributed by atoms with Crippen molar-refractivity contribution in [1.82, 2.24) is 15.2 Å². The van der Waals surface area contributed by atoms with Crippen LogP contribution < -0.4 is 0 Å². The van der Waals surface area contributed by atoms with E-state index in [9.17, 15) is 8.42 Å². The van der Waals surface area contributed by atoms with Gasteiger partial charge in [0, 0.05) is 16.2 Å². The van der Waals surface area contributed by atoms with Gasteiger partial charge in [0.15, 0.2) is 5.82 Å². The number of halogens is 1. The zero-order valence-electron chi connectivity index (χ0n) is 9.23. The van der Waals surface area contributed by atoms with Crippen LogP contribution in [0.3, 0.4) is 0 Å². The van der Waals surface area contributed by atoms with E-state index >= 15 is 0 Å². The predicted molar refractivity (Wildman–Crippen MR) is 64.3 cm³/mol. The van der Waals surface area contributed by atoms with Gasteiger partial charge in [0.1, 0.15) is 0 Å². The van der Waals surface area contributed by atoms with Crippen molar-refractivity contribution in [3.8, 4) is 11.4 Å². The summed E-state index contributed by atoms with van der Waals surface area (Å²) in [7, 11) is 1.29. The molecule has 0 fully saturated rings. The summed E-state index contributed by atoms with van der Waals surface area (Å²) >= 11 is 0. The first-order chi connectivity index (χ1) is 7.88. The van der Waals surface area contributed by atoms with E-state index in [0.717, 1.165) is 16.7 Å². The highest BCUT2D eigenvalue weighted by molar-refractivity contribution is 8.13. The number of nitrogens with zero attached hydrogens (tertiary/aromatic N) is 2. The van der Waals surface area contributed by atoms with Gasteiger partial charge in [-0.05, 0) is 31.0 Å². The second-order valence-electron chi connectivity index (χ2n) is 3.70. The molecule has 1 aromatic carbocycles. The van der Waals surface area contributed by atoms with Crippen molar-refractivity contribution in [3.63, 3.8) is 0 Å². The molecule has 90 valence electrons. The van der Waals surface area contributed by atoms with Gasteiger partial charge in [-0.25, -0.2) is 13.5 Å². The average molecular weight is 272 g/mol. The normalized spacial score (nSPS) is 11.7. The Bertz CT molecular complexity index is 664. The molecule has 5 nitrogen and oxygen atoms in total. The minimum atomic E-state index is -3.87. The maximum absolute atomic E-state index is 11.0. The van der Waals surface area contributed by atoms with Crippen molar-refractivity contribution in [3.05, 3.63) is 29.3 Å². The third-order valence-corrected chi connectivity index (χ3v) is 3.54. The van der Waals surface area contributed by atoms with Gasteiger partial charge in [-0.15, -0.1) is 0 Å². The van der Waals surface area contributed by atoms with E-state index in [4.69, 9.17) is 10.7 Å². The number of aromatic amines is 1. The Hall–Kier alpha value is -1.40. The highest BCUT2D eigenvalue weighted by Gasteiger charge is 2.16. The molecule has 17 heavy (non-hydrogen) atoms. The SMILES string of the molecule is Cc1ccc(-c2n[nH]c(S(=O)(=O)Cl)n2)cc1C. The highest BCUT2D eigenvalue weighted by atomic mass is 35.7. The minimum Gasteiger partial charge on any atom is -0.248 e. The zero-order valence-corrected chi connectivity index (χ0v) is 10.8. The number of rotatable bonds is 2. The van der Waals surface area contributed by atoms with Crippen LogP contribution in [0.1, 0.15) is 11.1 Å². The van der Waals surface area contributed by atoms with Crippen LogP contribution in [0.25, 0.3) is 11.4 Å². The fourth-order valence-electron chi connectivity index (χ4n) is 1.37. The summed E-state index contributed by atoms with van der Waals surface area (Å²) in [5.74, 6) is 0.312. The average Bonchev–Trinajstić information content (AvgIpc) is 2.70. The summed E-state index contributed by atoms with van der Waals surface area (Å²) in [5, 5.41) is 5.78. The number of aromatic nitrogens is 3. The van der Waals surface area contributed by atoms with E-state index in [1.807, 2.05) is 32.0 Å². The first-order valence-electron chi connectivity index (χ1n) is 4.82. The zero-order chi connectivity index (χ0) is 12.6. The molecule has 0 amide bonds. The summed E-state index contributed by atoms with van der Waals surface area (Å²) in [4.78, 5) is 3.84. The number of H-pyrrole nitrogens is 1. The van der Waals surface area contributed by atoms with Crippen LogP contribution in [0.15, 0.2) is 23.4 Å². The van der Waals surface area contributed by atoms with Gasteiger partial charge in [0.05, 0.1) is 0 Å². The van der Waals surface area contributed by atoms with Gasteiger partial charge in [0.2, 0.25) is 0 Å². The number of nitrogens with one attached hydrogen (secondary N) is 1. The van der Waals surface area contributed by atoms with Gasteiger partial charge in [-0.2, -0.15) is 10.1 Å². The lowest BCUT2D eigenvalue weighted by Gasteiger charge is -2.00. The van der Waals surface area contributed by atoms with E-state index in [1.54, 1.807) is 0 Å². The van der Waals surface area contributed by atoms with Crippen LogP contribution in [0.4, 0.5) is 0 Å². The van der Waals surface area contributed by atoms with Crippen LogP contribution in [0.5, 0.6) is 0 Å². The van der Waals surface area contributed by atoms with Crippen molar-refractivity contribution in [2.45, 2.75) is 19.0 Å². The van der Waals surface area contributed by atoms with Crippen LogP contribution in [0.2, 0.25) is 0 Å². The number of aryl methyl sites for hydroxylation is 2. The van der Waals surface area contributed by atoms with Crippen molar-refractivity contribution >= 4 is 19.7 Å². The number of benzene rings is 1. The number of hydrogen-bond acceptors (Lipinski definition) is 4. The molecule has 1 heterocycles. The van der Waals surface area contributed by atoms with Gasteiger partial charge in [0.25, 0.3) is 14.2 Å². The summed E-state index contributed by atoms with van der Waals surface area (Å²) in [5.41, 5.74) is 2.98. The first-order valence-corrected chi connectivity index (χ1v) is 7.13. The van der Waals surface area contributed by atoms with Crippen molar-refractivity contribution in [2.24, 2.45) is 0 Å². The second-order valence-corrected chi connectivity index (χ2v) is 6.18. The first kappa shape index (κ1) is 12.1. The molecule has 0 bridgehead atoms. The Morgan fingerprint density at radius 3 is 2.47 bits per heavy atom. The predicted octanol–water partition coefficient (Wildman–Crippen LogP) is 2.02. The van der Waals surface area contributed by atoms with E-state index in [2.05, 4.69) is 15.2 Å².